The van der Waals surface area contributed by atoms with Crippen LogP contribution >= 0.6 is 0 Å². The summed E-state index contributed by atoms with van der Waals surface area (Å²) in [5.74, 6) is 0.972. The molecule has 186 valence electrons. The first-order valence-corrected chi connectivity index (χ1v) is 12.6. The van der Waals surface area contributed by atoms with Crippen LogP contribution in [-0.2, 0) is 14.8 Å². The van der Waals surface area contributed by atoms with Gasteiger partial charge in [0.25, 0.3) is 10.0 Å². The Morgan fingerprint density at radius 3 is 2.20 bits per heavy atom. The number of nitrogens with one attached hydrogen (secondary N) is 1. The molecule has 1 atom stereocenters. The zero-order valence-electron chi connectivity index (χ0n) is 20.2. The third kappa shape index (κ3) is 6.24. The van der Waals surface area contributed by atoms with Crippen molar-refractivity contribution in [2.45, 2.75) is 24.8 Å². The van der Waals surface area contributed by atoms with Crippen molar-refractivity contribution in [1.29, 1.82) is 0 Å². The van der Waals surface area contributed by atoms with Crippen LogP contribution in [0.25, 0.3) is 0 Å². The van der Waals surface area contributed by atoms with E-state index in [1.165, 1.54) is 32.4 Å². The third-order valence-corrected chi connectivity index (χ3v) is 7.11. The number of hydrogen-bond donors (Lipinski definition) is 1. The molecule has 35 heavy (non-hydrogen) atoms. The third-order valence-electron chi connectivity index (χ3n) is 5.34. The molecule has 3 aromatic carbocycles. The Morgan fingerprint density at radius 2 is 1.60 bits per heavy atom. The van der Waals surface area contributed by atoms with E-state index in [2.05, 4.69) is 5.32 Å². The molecule has 1 N–H and O–H groups in total. The van der Waals surface area contributed by atoms with Gasteiger partial charge in [0.1, 0.15) is 12.3 Å². The molecule has 0 heterocycles. The topological polar surface area (TPSA) is 94.2 Å². The van der Waals surface area contributed by atoms with Gasteiger partial charge in [-0.2, -0.15) is 0 Å². The van der Waals surface area contributed by atoms with Gasteiger partial charge in [0, 0.05) is 6.07 Å². The van der Waals surface area contributed by atoms with Gasteiger partial charge >= 0.3 is 0 Å². The number of para-hydroxylation sites is 1. The van der Waals surface area contributed by atoms with E-state index in [0.717, 1.165) is 15.6 Å². The minimum absolute atomic E-state index is 0.0219. The Kier molecular flexibility index (Phi) is 8.59. The molecule has 0 aliphatic carbocycles. The molecule has 0 aromatic heterocycles. The van der Waals surface area contributed by atoms with Crippen molar-refractivity contribution in [2.24, 2.45) is 0 Å². The molecular formula is C26H30N2O6S. The van der Waals surface area contributed by atoms with Crippen molar-refractivity contribution in [3.05, 3.63) is 78.4 Å². The van der Waals surface area contributed by atoms with Gasteiger partial charge in [0.15, 0.2) is 11.5 Å². The predicted octanol–water partition coefficient (Wildman–Crippen LogP) is 4.18. The number of ether oxygens (including phenoxy) is 3. The number of carbonyl (C=O) groups excluding carboxylic acids is 1. The summed E-state index contributed by atoms with van der Waals surface area (Å²) in [4.78, 5) is 13.0. The summed E-state index contributed by atoms with van der Waals surface area (Å²) in [6.45, 7) is 3.91. The molecule has 9 heteroatoms. The number of amides is 1. The monoisotopic (exact) mass is 498 g/mol. The van der Waals surface area contributed by atoms with Crippen LogP contribution in [0.5, 0.6) is 17.2 Å². The van der Waals surface area contributed by atoms with E-state index in [9.17, 15) is 13.2 Å². The van der Waals surface area contributed by atoms with Crippen LogP contribution in [0, 0.1) is 0 Å². The van der Waals surface area contributed by atoms with Crippen LogP contribution in [0.2, 0.25) is 0 Å². The lowest BCUT2D eigenvalue weighted by molar-refractivity contribution is -0.120. The van der Waals surface area contributed by atoms with Gasteiger partial charge in [-0.25, -0.2) is 8.42 Å². The van der Waals surface area contributed by atoms with Gasteiger partial charge in [-0.15, -0.1) is 0 Å². The summed E-state index contributed by atoms with van der Waals surface area (Å²) in [5.41, 5.74) is 1.24. The lowest BCUT2D eigenvalue weighted by atomic mass is 10.1. The van der Waals surface area contributed by atoms with Gasteiger partial charge < -0.3 is 19.5 Å². The van der Waals surface area contributed by atoms with E-state index < -0.39 is 22.5 Å². The van der Waals surface area contributed by atoms with E-state index in [0.29, 0.717) is 18.0 Å². The van der Waals surface area contributed by atoms with Crippen molar-refractivity contribution >= 4 is 21.6 Å². The molecule has 3 rings (SSSR count). The van der Waals surface area contributed by atoms with Crippen molar-refractivity contribution in [1.82, 2.24) is 5.32 Å². The fraction of sp³-hybridized carbons (Fsp3) is 0.269. The zero-order chi connectivity index (χ0) is 25.4. The van der Waals surface area contributed by atoms with E-state index in [4.69, 9.17) is 14.2 Å². The van der Waals surface area contributed by atoms with E-state index in [1.54, 1.807) is 30.3 Å². The van der Waals surface area contributed by atoms with Crippen LogP contribution in [-0.4, -0.2) is 41.7 Å². The number of benzene rings is 3. The lowest BCUT2D eigenvalue weighted by Crippen LogP contribution is -2.41. The molecule has 0 saturated carbocycles. The van der Waals surface area contributed by atoms with Gasteiger partial charge in [-0.3, -0.25) is 9.10 Å². The van der Waals surface area contributed by atoms with Crippen molar-refractivity contribution in [2.75, 3.05) is 31.7 Å². The highest BCUT2D eigenvalue weighted by Crippen LogP contribution is 2.32. The molecule has 3 aromatic rings. The number of carbonyl (C=O) groups is 1. The minimum atomic E-state index is -4.10. The minimum Gasteiger partial charge on any atom is -0.494 e. The maximum atomic E-state index is 13.6. The summed E-state index contributed by atoms with van der Waals surface area (Å²) in [5, 5.41) is 2.88. The largest absolute Gasteiger partial charge is 0.494 e. The Morgan fingerprint density at radius 1 is 0.943 bits per heavy atom. The maximum absolute atomic E-state index is 13.6. The first-order valence-electron chi connectivity index (χ1n) is 11.1. The van der Waals surface area contributed by atoms with E-state index >= 15 is 0 Å². The van der Waals surface area contributed by atoms with Crippen molar-refractivity contribution < 1.29 is 27.4 Å². The highest BCUT2D eigenvalue weighted by molar-refractivity contribution is 7.92. The van der Waals surface area contributed by atoms with Crippen LogP contribution in [0.4, 0.5) is 5.69 Å². The van der Waals surface area contributed by atoms with E-state index in [-0.39, 0.29) is 16.7 Å². The summed E-state index contributed by atoms with van der Waals surface area (Å²) in [7, 11) is -1.20. The number of methoxy groups -OCH3 is 2. The quantitative estimate of drug-likeness (QED) is 0.426. The van der Waals surface area contributed by atoms with Crippen LogP contribution < -0.4 is 23.8 Å². The molecule has 0 aliphatic heterocycles. The Labute approximate surface area is 206 Å². The second-order valence-electron chi connectivity index (χ2n) is 7.66. The smallest absolute Gasteiger partial charge is 0.264 e. The van der Waals surface area contributed by atoms with Crippen molar-refractivity contribution in [3.63, 3.8) is 0 Å². The number of nitrogens with zero attached hydrogens (tertiary/aromatic N) is 1. The number of hydrogen-bond acceptors (Lipinski definition) is 6. The molecule has 0 bridgehead atoms. The van der Waals surface area contributed by atoms with Gasteiger partial charge in [-0.1, -0.05) is 30.3 Å². The summed E-state index contributed by atoms with van der Waals surface area (Å²) < 4.78 is 44.3. The second-order valence-corrected chi connectivity index (χ2v) is 9.52. The van der Waals surface area contributed by atoms with Crippen molar-refractivity contribution in [3.8, 4) is 17.2 Å². The fourth-order valence-corrected chi connectivity index (χ4v) is 4.97. The van der Waals surface area contributed by atoms with Crippen LogP contribution in [0.1, 0.15) is 25.5 Å². The molecule has 1 unspecified atom stereocenters. The zero-order valence-corrected chi connectivity index (χ0v) is 21.0. The number of rotatable bonds is 11. The van der Waals surface area contributed by atoms with Gasteiger partial charge in [0.05, 0.1) is 37.5 Å². The molecule has 1 amide bonds. The average molecular weight is 499 g/mol. The highest BCUT2D eigenvalue weighted by Gasteiger charge is 2.28. The normalized spacial score (nSPS) is 11.9. The van der Waals surface area contributed by atoms with Crippen LogP contribution in [0.15, 0.2) is 77.7 Å². The number of anilines is 1. The fourth-order valence-electron chi connectivity index (χ4n) is 3.53. The Balaban J connectivity index is 1.86. The summed E-state index contributed by atoms with van der Waals surface area (Å²) in [6.07, 6.45) is 0. The molecule has 8 nitrogen and oxygen atoms in total. The average Bonchev–Trinajstić information content (AvgIpc) is 2.87. The lowest BCUT2D eigenvalue weighted by Gasteiger charge is -2.25. The molecular weight excluding hydrogens is 468 g/mol. The number of sulfonamides is 1. The first kappa shape index (κ1) is 25.9. The highest BCUT2D eigenvalue weighted by atomic mass is 32.2. The SMILES string of the molecule is CCOc1ccc(C(C)NC(=O)CN(c2ccccc2)S(=O)(=O)c2ccc(OC)c(OC)c2)cc1. The molecule has 0 fully saturated rings. The van der Waals surface area contributed by atoms with Crippen LogP contribution in [0.3, 0.4) is 0 Å². The molecule has 0 aliphatic rings. The van der Waals surface area contributed by atoms with Gasteiger partial charge in [0.2, 0.25) is 5.91 Å². The molecule has 0 spiro atoms. The second kappa shape index (κ2) is 11.6. The maximum Gasteiger partial charge on any atom is 0.264 e. The van der Waals surface area contributed by atoms with Gasteiger partial charge in [-0.05, 0) is 55.8 Å². The predicted molar refractivity (Wildman–Crippen MR) is 135 cm³/mol. The Hall–Kier alpha value is -3.72. The molecule has 0 radical (unpaired) electrons. The molecule has 0 saturated heterocycles. The Bertz CT molecular complexity index is 1230. The standard InChI is InChI=1S/C26H30N2O6S/c1-5-34-22-13-11-20(12-14-22)19(2)27-26(29)18-28(21-9-7-6-8-10-21)35(30,31)23-15-16-24(32-3)25(17-23)33-4/h6-17,19H,5,18H2,1-4H3,(H,27,29). The summed E-state index contributed by atoms with van der Waals surface area (Å²) in [6, 6.07) is 19.9. The van der Waals surface area contributed by atoms with E-state index in [1.807, 2.05) is 38.1 Å². The first-order chi connectivity index (χ1) is 16.8. The summed E-state index contributed by atoms with van der Waals surface area (Å²) >= 11 is 0.